The van der Waals surface area contributed by atoms with Gasteiger partial charge in [0.25, 0.3) is 0 Å². The van der Waals surface area contributed by atoms with Gasteiger partial charge in [-0.15, -0.1) is 0 Å². The molecule has 0 spiro atoms. The molecule has 16 heavy (non-hydrogen) atoms. The van der Waals surface area contributed by atoms with Gasteiger partial charge in [-0.25, -0.2) is 4.98 Å². The van der Waals surface area contributed by atoms with Crippen LogP contribution in [0.3, 0.4) is 0 Å². The molecular formula is C11H18N2O2S. The molecule has 0 radical (unpaired) electrons. The van der Waals surface area contributed by atoms with E-state index in [2.05, 4.69) is 10.3 Å². The number of hydrogen-bond donors (Lipinski definition) is 1. The first-order valence-corrected chi connectivity index (χ1v) is 7.08. The summed E-state index contributed by atoms with van der Waals surface area (Å²) >= 11 is 0. The minimum atomic E-state index is -0.724. The Kier molecular flexibility index (Phi) is 5.85. The van der Waals surface area contributed by atoms with Crippen molar-refractivity contribution in [3.05, 3.63) is 18.3 Å². The van der Waals surface area contributed by atoms with E-state index in [1.54, 1.807) is 12.5 Å². The van der Waals surface area contributed by atoms with Crippen molar-refractivity contribution >= 4 is 16.6 Å². The molecule has 0 amide bonds. The van der Waals surface area contributed by atoms with E-state index in [0.717, 1.165) is 24.5 Å². The Morgan fingerprint density at radius 3 is 3.06 bits per heavy atom. The largest absolute Gasteiger partial charge is 0.490 e. The summed E-state index contributed by atoms with van der Waals surface area (Å²) in [4.78, 5) is 4.20. The molecule has 1 atom stereocenters. The Hall–Kier alpha value is -1.10. The Morgan fingerprint density at radius 1 is 1.56 bits per heavy atom. The van der Waals surface area contributed by atoms with Crippen LogP contribution in [0.25, 0.3) is 0 Å². The van der Waals surface area contributed by atoms with Gasteiger partial charge in [0.15, 0.2) is 11.6 Å². The number of nitrogens with zero attached hydrogens (tertiary/aromatic N) is 1. The predicted octanol–water partition coefficient (Wildman–Crippen LogP) is 1.66. The minimum absolute atomic E-state index is 0.624. The topological polar surface area (TPSA) is 51.2 Å². The van der Waals surface area contributed by atoms with Crippen LogP contribution in [-0.2, 0) is 10.8 Å². The van der Waals surface area contributed by atoms with Crippen molar-refractivity contribution < 1.29 is 8.95 Å². The lowest BCUT2D eigenvalue weighted by Crippen LogP contribution is -2.08. The molecule has 1 unspecified atom stereocenters. The Bertz CT molecular complexity index is 345. The highest BCUT2D eigenvalue weighted by Crippen LogP contribution is 2.20. The normalized spacial score (nSPS) is 12.1. The molecule has 0 fully saturated rings. The van der Waals surface area contributed by atoms with Gasteiger partial charge in [-0.3, -0.25) is 4.21 Å². The van der Waals surface area contributed by atoms with E-state index in [1.165, 1.54) is 0 Å². The van der Waals surface area contributed by atoms with Crippen LogP contribution in [0.5, 0.6) is 5.75 Å². The molecule has 0 aliphatic carbocycles. The number of nitrogens with one attached hydrogen (secondary N) is 1. The van der Waals surface area contributed by atoms with E-state index in [4.69, 9.17) is 4.74 Å². The minimum Gasteiger partial charge on any atom is -0.490 e. The molecule has 1 aromatic heterocycles. The fourth-order valence-corrected chi connectivity index (χ4v) is 1.83. The summed E-state index contributed by atoms with van der Waals surface area (Å²) in [7, 11) is -0.724. The van der Waals surface area contributed by atoms with Gasteiger partial charge in [0.1, 0.15) is 0 Å². The zero-order valence-corrected chi connectivity index (χ0v) is 10.5. The SMILES string of the molecule is CCOc1cccnc1NCCCS(C)=O. The molecule has 0 aromatic carbocycles. The number of ether oxygens (including phenoxy) is 1. The van der Waals surface area contributed by atoms with Crippen LogP contribution in [0.4, 0.5) is 5.82 Å². The van der Waals surface area contributed by atoms with Crippen molar-refractivity contribution in [2.45, 2.75) is 13.3 Å². The number of hydrogen-bond acceptors (Lipinski definition) is 4. The van der Waals surface area contributed by atoms with E-state index in [0.29, 0.717) is 12.4 Å². The molecule has 1 N–H and O–H groups in total. The number of anilines is 1. The Labute approximate surface area is 98.9 Å². The standard InChI is InChI=1S/C11H18N2O2S/c1-3-15-10-6-4-7-12-11(10)13-8-5-9-16(2)14/h4,6-7H,3,5,8-9H2,1-2H3,(H,12,13). The van der Waals surface area contributed by atoms with Gasteiger partial charge in [-0.2, -0.15) is 0 Å². The highest BCUT2D eigenvalue weighted by Gasteiger charge is 2.02. The molecule has 90 valence electrons. The van der Waals surface area contributed by atoms with Gasteiger partial charge < -0.3 is 10.1 Å². The van der Waals surface area contributed by atoms with E-state index in [-0.39, 0.29) is 0 Å². The molecule has 0 aliphatic heterocycles. The third kappa shape index (κ3) is 4.61. The first kappa shape index (κ1) is 13.0. The highest BCUT2D eigenvalue weighted by atomic mass is 32.2. The monoisotopic (exact) mass is 242 g/mol. The van der Waals surface area contributed by atoms with Crippen molar-refractivity contribution in [1.82, 2.24) is 4.98 Å². The second-order valence-electron chi connectivity index (χ2n) is 3.34. The smallest absolute Gasteiger partial charge is 0.168 e. The van der Waals surface area contributed by atoms with Gasteiger partial charge in [-0.1, -0.05) is 0 Å². The lowest BCUT2D eigenvalue weighted by molar-refractivity contribution is 0.340. The zero-order valence-electron chi connectivity index (χ0n) is 9.73. The lowest BCUT2D eigenvalue weighted by atomic mass is 10.4. The number of aromatic nitrogens is 1. The van der Waals surface area contributed by atoms with Gasteiger partial charge in [0.2, 0.25) is 0 Å². The Morgan fingerprint density at radius 2 is 2.38 bits per heavy atom. The van der Waals surface area contributed by atoms with Gasteiger partial charge in [0, 0.05) is 35.5 Å². The fraction of sp³-hybridized carbons (Fsp3) is 0.545. The molecule has 0 saturated carbocycles. The molecule has 5 heteroatoms. The molecule has 0 bridgehead atoms. The van der Waals surface area contributed by atoms with Gasteiger partial charge >= 0.3 is 0 Å². The molecule has 0 aliphatic rings. The highest BCUT2D eigenvalue weighted by molar-refractivity contribution is 7.84. The van der Waals surface area contributed by atoms with E-state index < -0.39 is 10.8 Å². The summed E-state index contributed by atoms with van der Waals surface area (Å²) < 4.78 is 16.3. The summed E-state index contributed by atoms with van der Waals surface area (Å²) in [6, 6.07) is 3.73. The van der Waals surface area contributed by atoms with Crippen LogP contribution in [0.15, 0.2) is 18.3 Å². The van der Waals surface area contributed by atoms with Crippen molar-refractivity contribution in [2.75, 3.05) is 30.5 Å². The van der Waals surface area contributed by atoms with E-state index >= 15 is 0 Å². The molecule has 0 saturated heterocycles. The summed E-state index contributed by atoms with van der Waals surface area (Å²) in [5.41, 5.74) is 0. The maximum Gasteiger partial charge on any atom is 0.168 e. The summed E-state index contributed by atoms with van der Waals surface area (Å²) in [6.07, 6.45) is 4.31. The maximum atomic E-state index is 10.9. The molecule has 1 aromatic rings. The molecule has 1 heterocycles. The van der Waals surface area contributed by atoms with E-state index in [9.17, 15) is 4.21 Å². The van der Waals surface area contributed by atoms with Gasteiger partial charge in [-0.05, 0) is 25.5 Å². The first-order valence-electron chi connectivity index (χ1n) is 5.35. The van der Waals surface area contributed by atoms with Crippen LogP contribution in [0.2, 0.25) is 0 Å². The third-order valence-electron chi connectivity index (χ3n) is 1.97. The van der Waals surface area contributed by atoms with Crippen molar-refractivity contribution in [1.29, 1.82) is 0 Å². The van der Waals surface area contributed by atoms with Crippen LogP contribution >= 0.6 is 0 Å². The van der Waals surface area contributed by atoms with Crippen LogP contribution < -0.4 is 10.1 Å². The average molecular weight is 242 g/mol. The number of rotatable bonds is 7. The van der Waals surface area contributed by atoms with Crippen molar-refractivity contribution in [2.24, 2.45) is 0 Å². The quantitative estimate of drug-likeness (QED) is 0.739. The summed E-state index contributed by atoms with van der Waals surface area (Å²) in [5.74, 6) is 2.23. The van der Waals surface area contributed by atoms with Crippen LogP contribution in [0.1, 0.15) is 13.3 Å². The van der Waals surface area contributed by atoms with Crippen LogP contribution in [0, 0.1) is 0 Å². The summed E-state index contributed by atoms with van der Waals surface area (Å²) in [5, 5.41) is 3.18. The predicted molar refractivity (Wildman–Crippen MR) is 67.4 cm³/mol. The third-order valence-corrected chi connectivity index (χ3v) is 2.84. The van der Waals surface area contributed by atoms with E-state index in [1.807, 2.05) is 19.1 Å². The van der Waals surface area contributed by atoms with Crippen LogP contribution in [-0.4, -0.2) is 34.4 Å². The fourth-order valence-electron chi connectivity index (χ4n) is 1.28. The molecular weight excluding hydrogens is 224 g/mol. The summed E-state index contributed by atoms with van der Waals surface area (Å²) in [6.45, 7) is 3.33. The second-order valence-corrected chi connectivity index (χ2v) is 4.90. The first-order chi connectivity index (χ1) is 7.74. The van der Waals surface area contributed by atoms with Crippen molar-refractivity contribution in [3.8, 4) is 5.75 Å². The second kappa shape index (κ2) is 7.22. The van der Waals surface area contributed by atoms with Gasteiger partial charge in [0.05, 0.1) is 6.61 Å². The maximum absolute atomic E-state index is 10.9. The van der Waals surface area contributed by atoms with Crippen molar-refractivity contribution in [3.63, 3.8) is 0 Å². The Balaban J connectivity index is 2.43. The zero-order chi connectivity index (χ0) is 11.8. The molecule has 4 nitrogen and oxygen atoms in total. The number of pyridine rings is 1. The lowest BCUT2D eigenvalue weighted by Gasteiger charge is -2.10. The average Bonchev–Trinajstić information content (AvgIpc) is 2.26. The molecule has 1 rings (SSSR count).